The van der Waals surface area contributed by atoms with E-state index in [0.717, 1.165) is 55.2 Å². The second-order valence-corrected chi connectivity index (χ2v) is 7.36. The second-order valence-electron chi connectivity index (χ2n) is 6.25. The topological polar surface area (TPSA) is 58.1 Å². The van der Waals surface area contributed by atoms with Gasteiger partial charge in [0.25, 0.3) is 5.91 Å². The Morgan fingerprint density at radius 3 is 2.79 bits per heavy atom. The van der Waals surface area contributed by atoms with E-state index >= 15 is 0 Å². The van der Waals surface area contributed by atoms with Gasteiger partial charge in [0.05, 0.1) is 11.2 Å². The van der Waals surface area contributed by atoms with Crippen LogP contribution >= 0.6 is 11.3 Å². The molecule has 6 heteroatoms. The number of nitrogens with zero attached hydrogens (tertiary/aromatic N) is 3. The van der Waals surface area contributed by atoms with Gasteiger partial charge in [-0.1, -0.05) is 6.92 Å². The summed E-state index contributed by atoms with van der Waals surface area (Å²) in [4.78, 5) is 23.9. The molecule has 0 unspecified atom stereocenters. The van der Waals surface area contributed by atoms with Crippen LogP contribution in [0.3, 0.4) is 0 Å². The smallest absolute Gasteiger partial charge is 0.263 e. The first-order chi connectivity index (χ1) is 11.7. The van der Waals surface area contributed by atoms with Crippen LogP contribution in [-0.2, 0) is 13.0 Å². The second kappa shape index (κ2) is 8.35. The molecule has 128 valence electrons. The molecule has 0 atom stereocenters. The lowest BCUT2D eigenvalue weighted by atomic mass is 10.0. The standard InChI is InChI=1S/C18H24N4OS/c1-2-3-17-20-12-16(24-17)18(23)21-15-6-10-22(11-7-15)13-14-4-8-19-9-5-14/h4-5,8-9,12,15H,2-3,6-7,10-11,13H2,1H3,(H,21,23). The third kappa shape index (κ3) is 4.61. The van der Waals surface area contributed by atoms with Crippen molar-refractivity contribution in [3.8, 4) is 0 Å². The minimum absolute atomic E-state index is 0.0300. The number of hydrogen-bond donors (Lipinski definition) is 1. The Labute approximate surface area is 147 Å². The maximum atomic E-state index is 12.3. The minimum Gasteiger partial charge on any atom is -0.348 e. The van der Waals surface area contributed by atoms with E-state index in [4.69, 9.17) is 0 Å². The molecule has 24 heavy (non-hydrogen) atoms. The summed E-state index contributed by atoms with van der Waals surface area (Å²) in [7, 11) is 0. The third-order valence-corrected chi connectivity index (χ3v) is 5.38. The number of thiazole rings is 1. The lowest BCUT2D eigenvalue weighted by Gasteiger charge is -2.32. The van der Waals surface area contributed by atoms with Crippen LogP contribution in [0.1, 0.15) is 46.4 Å². The first kappa shape index (κ1) is 17.0. The van der Waals surface area contributed by atoms with Crippen molar-refractivity contribution in [1.82, 2.24) is 20.2 Å². The zero-order chi connectivity index (χ0) is 16.8. The van der Waals surface area contributed by atoms with Gasteiger partial charge in [-0.25, -0.2) is 4.98 Å². The van der Waals surface area contributed by atoms with Crippen LogP contribution in [0.2, 0.25) is 0 Å². The van der Waals surface area contributed by atoms with Crippen molar-refractivity contribution >= 4 is 17.2 Å². The van der Waals surface area contributed by atoms with Gasteiger partial charge in [-0.05, 0) is 43.4 Å². The van der Waals surface area contributed by atoms with E-state index in [1.54, 1.807) is 6.20 Å². The molecule has 0 spiro atoms. The number of pyridine rings is 1. The van der Waals surface area contributed by atoms with E-state index in [1.165, 1.54) is 16.9 Å². The summed E-state index contributed by atoms with van der Waals surface area (Å²) < 4.78 is 0. The van der Waals surface area contributed by atoms with E-state index in [9.17, 15) is 4.79 Å². The Balaban J connectivity index is 1.45. The number of amides is 1. The molecule has 5 nitrogen and oxygen atoms in total. The predicted molar refractivity (Wildman–Crippen MR) is 96.1 cm³/mol. The van der Waals surface area contributed by atoms with Crippen LogP contribution < -0.4 is 5.32 Å². The average molecular weight is 344 g/mol. The molecule has 1 aliphatic rings. The first-order valence-corrected chi connectivity index (χ1v) is 9.43. The van der Waals surface area contributed by atoms with E-state index < -0.39 is 0 Å². The van der Waals surface area contributed by atoms with Gasteiger partial charge in [0, 0.05) is 38.1 Å². The zero-order valence-corrected chi connectivity index (χ0v) is 14.9. The van der Waals surface area contributed by atoms with Crippen molar-refractivity contribution in [2.24, 2.45) is 0 Å². The number of piperidine rings is 1. The molecule has 0 aliphatic carbocycles. The van der Waals surface area contributed by atoms with Crippen molar-refractivity contribution in [1.29, 1.82) is 0 Å². The van der Waals surface area contributed by atoms with Gasteiger partial charge in [-0.2, -0.15) is 0 Å². The lowest BCUT2D eigenvalue weighted by Crippen LogP contribution is -2.44. The Hall–Kier alpha value is -1.79. The Bertz CT molecular complexity index is 650. The molecular weight excluding hydrogens is 320 g/mol. The van der Waals surface area contributed by atoms with Gasteiger partial charge in [0.2, 0.25) is 0 Å². The number of aromatic nitrogens is 2. The molecular formula is C18H24N4OS. The van der Waals surface area contributed by atoms with Crippen molar-refractivity contribution in [2.75, 3.05) is 13.1 Å². The summed E-state index contributed by atoms with van der Waals surface area (Å²) in [5.74, 6) is 0.0300. The van der Waals surface area contributed by atoms with Gasteiger partial charge in [0.1, 0.15) is 4.88 Å². The summed E-state index contributed by atoms with van der Waals surface area (Å²) in [5, 5.41) is 4.22. The Kier molecular flexibility index (Phi) is 5.93. The number of hydrogen-bond acceptors (Lipinski definition) is 5. The monoisotopic (exact) mass is 344 g/mol. The Morgan fingerprint density at radius 1 is 1.33 bits per heavy atom. The highest BCUT2D eigenvalue weighted by atomic mass is 32.1. The maximum absolute atomic E-state index is 12.3. The number of rotatable bonds is 6. The molecule has 0 aromatic carbocycles. The van der Waals surface area contributed by atoms with Crippen LogP contribution in [0.4, 0.5) is 0 Å². The molecule has 1 fully saturated rings. The van der Waals surface area contributed by atoms with E-state index in [1.807, 2.05) is 12.4 Å². The van der Waals surface area contributed by atoms with E-state index in [2.05, 4.69) is 39.2 Å². The van der Waals surface area contributed by atoms with Gasteiger partial charge < -0.3 is 5.32 Å². The fourth-order valence-electron chi connectivity index (χ4n) is 2.98. The molecule has 2 aromatic rings. The summed E-state index contributed by atoms with van der Waals surface area (Å²) in [6.45, 7) is 5.10. The largest absolute Gasteiger partial charge is 0.348 e. The number of carbonyl (C=O) groups is 1. The number of nitrogens with one attached hydrogen (secondary N) is 1. The fourth-order valence-corrected chi connectivity index (χ4v) is 3.91. The molecule has 0 bridgehead atoms. The molecule has 3 heterocycles. The highest BCUT2D eigenvalue weighted by Crippen LogP contribution is 2.17. The van der Waals surface area contributed by atoms with E-state index in [0.29, 0.717) is 0 Å². The minimum atomic E-state index is 0.0300. The summed E-state index contributed by atoms with van der Waals surface area (Å²) in [6.07, 6.45) is 9.39. The lowest BCUT2D eigenvalue weighted by molar-refractivity contribution is 0.0913. The van der Waals surface area contributed by atoms with Gasteiger partial charge in [-0.3, -0.25) is 14.7 Å². The molecule has 3 rings (SSSR count). The molecule has 0 radical (unpaired) electrons. The van der Waals surface area contributed by atoms with E-state index in [-0.39, 0.29) is 11.9 Å². The van der Waals surface area contributed by atoms with Crippen LogP contribution in [0, 0.1) is 0 Å². The number of carbonyl (C=O) groups excluding carboxylic acids is 1. The average Bonchev–Trinajstić information content (AvgIpc) is 3.07. The molecule has 0 saturated carbocycles. The number of likely N-dealkylation sites (tertiary alicyclic amines) is 1. The van der Waals surface area contributed by atoms with Crippen molar-refractivity contribution < 1.29 is 4.79 Å². The first-order valence-electron chi connectivity index (χ1n) is 8.61. The van der Waals surface area contributed by atoms with Crippen molar-refractivity contribution in [3.63, 3.8) is 0 Å². The molecule has 1 saturated heterocycles. The summed E-state index contributed by atoms with van der Waals surface area (Å²) in [5.41, 5.74) is 1.29. The molecule has 2 aromatic heterocycles. The SMILES string of the molecule is CCCc1ncc(C(=O)NC2CCN(Cc3ccncc3)CC2)s1. The number of aryl methyl sites for hydroxylation is 1. The van der Waals surface area contributed by atoms with Crippen LogP contribution in [0.25, 0.3) is 0 Å². The van der Waals surface area contributed by atoms with Crippen LogP contribution in [0.5, 0.6) is 0 Å². The van der Waals surface area contributed by atoms with Crippen molar-refractivity contribution in [2.45, 2.75) is 45.2 Å². The van der Waals surface area contributed by atoms with Crippen molar-refractivity contribution in [3.05, 3.63) is 46.2 Å². The molecule has 1 aliphatic heterocycles. The van der Waals surface area contributed by atoms with Gasteiger partial charge in [0.15, 0.2) is 0 Å². The summed E-state index contributed by atoms with van der Waals surface area (Å²) >= 11 is 1.52. The molecule has 1 amide bonds. The van der Waals surface area contributed by atoms with Gasteiger partial charge >= 0.3 is 0 Å². The quantitative estimate of drug-likeness (QED) is 0.875. The highest BCUT2D eigenvalue weighted by Gasteiger charge is 2.22. The van der Waals surface area contributed by atoms with Gasteiger partial charge in [-0.15, -0.1) is 11.3 Å². The fraction of sp³-hybridized carbons (Fsp3) is 0.500. The highest BCUT2D eigenvalue weighted by molar-refractivity contribution is 7.13. The van der Waals surface area contributed by atoms with Crippen LogP contribution in [0.15, 0.2) is 30.7 Å². The van der Waals surface area contributed by atoms with Crippen LogP contribution in [-0.4, -0.2) is 39.9 Å². The normalized spacial score (nSPS) is 16.2. The maximum Gasteiger partial charge on any atom is 0.263 e. The third-order valence-electron chi connectivity index (χ3n) is 4.32. The summed E-state index contributed by atoms with van der Waals surface area (Å²) in [6, 6.07) is 4.39. The Morgan fingerprint density at radius 2 is 2.08 bits per heavy atom. The predicted octanol–water partition coefficient (Wildman–Crippen LogP) is 2.89. The zero-order valence-electron chi connectivity index (χ0n) is 14.1. The molecule has 1 N–H and O–H groups in total.